The molecule has 7 nitrogen and oxygen atoms in total. The second-order valence-corrected chi connectivity index (χ2v) is 8.36. The van der Waals surface area contributed by atoms with Gasteiger partial charge < -0.3 is 20.8 Å². The van der Waals surface area contributed by atoms with Crippen molar-refractivity contribution in [2.24, 2.45) is 0 Å². The molecule has 1 heterocycles. The van der Waals surface area contributed by atoms with Gasteiger partial charge in [-0.25, -0.2) is 0 Å². The molecular formula is C20H25N3O4S. The highest BCUT2D eigenvalue weighted by molar-refractivity contribution is 8.14. The van der Waals surface area contributed by atoms with Crippen molar-refractivity contribution in [2.45, 2.75) is 50.5 Å². The summed E-state index contributed by atoms with van der Waals surface area (Å²) in [6.07, 6.45) is 1.31. The molecule has 0 unspecified atom stereocenters. The smallest absolute Gasteiger partial charge is 0.249 e. The molecule has 0 bridgehead atoms. The first kappa shape index (κ1) is 21.8. The zero-order chi connectivity index (χ0) is 20.7. The molecule has 2 rings (SSSR count). The number of amides is 1. The van der Waals surface area contributed by atoms with Crippen molar-refractivity contribution >= 4 is 45.7 Å². The van der Waals surface area contributed by atoms with E-state index in [0.29, 0.717) is 6.21 Å². The number of aromatic amines is 1. The van der Waals surface area contributed by atoms with Gasteiger partial charge in [-0.05, 0) is 18.1 Å². The van der Waals surface area contributed by atoms with E-state index in [2.05, 4.69) is 10.3 Å². The molecule has 1 aromatic heterocycles. The number of para-hydroxylation sites is 1. The van der Waals surface area contributed by atoms with E-state index in [1.54, 1.807) is 6.20 Å². The van der Waals surface area contributed by atoms with Gasteiger partial charge in [0.25, 0.3) is 0 Å². The number of Topliss-reactive ketones (excluding diaryl/α,β-unsaturated/α-hetero) is 1. The van der Waals surface area contributed by atoms with Crippen molar-refractivity contribution in [2.75, 3.05) is 0 Å². The van der Waals surface area contributed by atoms with Gasteiger partial charge in [0, 0.05) is 35.2 Å². The first-order valence-corrected chi connectivity index (χ1v) is 9.97. The van der Waals surface area contributed by atoms with Crippen molar-refractivity contribution < 1.29 is 19.5 Å². The van der Waals surface area contributed by atoms with Crippen LogP contribution in [0.15, 0.2) is 30.5 Å². The molecular weight excluding hydrogens is 378 g/mol. The zero-order valence-corrected chi connectivity index (χ0v) is 16.7. The fourth-order valence-electron chi connectivity index (χ4n) is 2.79. The molecule has 0 aliphatic carbocycles. The molecule has 2 atom stereocenters. The van der Waals surface area contributed by atoms with Crippen molar-refractivity contribution in [3.8, 4) is 0 Å². The van der Waals surface area contributed by atoms with Crippen LogP contribution >= 0.6 is 11.8 Å². The Hall–Kier alpha value is -2.45. The molecule has 0 aliphatic heterocycles. The summed E-state index contributed by atoms with van der Waals surface area (Å²) in [6.45, 7) is 3.71. The summed E-state index contributed by atoms with van der Waals surface area (Å²) in [5.74, 6) is -1.07. The minimum atomic E-state index is -1.32. The highest BCUT2D eigenvalue weighted by Crippen LogP contribution is 2.20. The number of ketones is 1. The van der Waals surface area contributed by atoms with E-state index >= 15 is 0 Å². The van der Waals surface area contributed by atoms with Gasteiger partial charge in [-0.1, -0.05) is 43.8 Å². The van der Waals surface area contributed by atoms with E-state index in [4.69, 9.17) is 5.41 Å². The Kier molecular flexibility index (Phi) is 7.95. The van der Waals surface area contributed by atoms with Gasteiger partial charge in [-0.2, -0.15) is 0 Å². The lowest BCUT2D eigenvalue weighted by Crippen LogP contribution is -2.45. The second kappa shape index (κ2) is 10.2. The fourth-order valence-corrected chi connectivity index (χ4v) is 3.60. The predicted octanol–water partition coefficient (Wildman–Crippen LogP) is 2.22. The van der Waals surface area contributed by atoms with Crippen LogP contribution in [0.1, 0.15) is 32.3 Å². The third-order valence-corrected chi connectivity index (χ3v) is 5.17. The van der Waals surface area contributed by atoms with Gasteiger partial charge in [0.15, 0.2) is 5.78 Å². The summed E-state index contributed by atoms with van der Waals surface area (Å²) in [5, 5.41) is 20.6. The number of carbonyl (C=O) groups is 3. The monoisotopic (exact) mass is 403 g/mol. The van der Waals surface area contributed by atoms with Crippen molar-refractivity contribution in [1.29, 1.82) is 5.41 Å². The summed E-state index contributed by atoms with van der Waals surface area (Å²) < 4.78 is 0. The number of benzene rings is 1. The quantitative estimate of drug-likeness (QED) is 0.453. The van der Waals surface area contributed by atoms with Crippen LogP contribution in [-0.4, -0.2) is 50.5 Å². The maximum absolute atomic E-state index is 12.5. The van der Waals surface area contributed by atoms with E-state index in [0.717, 1.165) is 28.2 Å². The average molecular weight is 404 g/mol. The van der Waals surface area contributed by atoms with E-state index in [1.165, 1.54) is 0 Å². The standard InChI is InChI=1S/C20H25N3O4S/c1-12(2)28-20(27)17(8-7-14(24)10-21)23-19(26)18(25)9-13-11-22-16-6-4-3-5-15(13)16/h3-6,10-12,17-18,21-22,25H,7-9H2,1-2H3,(H,23,26)/t17-,18-/m0/s1. The van der Waals surface area contributed by atoms with Crippen LogP contribution in [0.3, 0.4) is 0 Å². The minimum absolute atomic E-state index is 0.0165. The number of fused-ring (bicyclic) bond motifs is 1. The first-order valence-electron chi connectivity index (χ1n) is 9.09. The number of hydrogen-bond donors (Lipinski definition) is 4. The van der Waals surface area contributed by atoms with Gasteiger partial charge in [-0.3, -0.25) is 14.4 Å². The lowest BCUT2D eigenvalue weighted by atomic mass is 10.1. The largest absolute Gasteiger partial charge is 0.383 e. The lowest BCUT2D eigenvalue weighted by Gasteiger charge is -2.19. The number of carbonyl (C=O) groups excluding carboxylic acids is 3. The Morgan fingerprint density at radius 2 is 2.00 bits per heavy atom. The summed E-state index contributed by atoms with van der Waals surface area (Å²) >= 11 is 1.07. The van der Waals surface area contributed by atoms with Crippen LogP contribution < -0.4 is 5.32 Å². The van der Waals surface area contributed by atoms with Crippen molar-refractivity contribution in [3.05, 3.63) is 36.0 Å². The number of nitrogens with one attached hydrogen (secondary N) is 3. The molecule has 0 saturated heterocycles. The van der Waals surface area contributed by atoms with E-state index in [9.17, 15) is 19.5 Å². The number of rotatable bonds is 10. The van der Waals surface area contributed by atoms with Crippen LogP contribution in [0.2, 0.25) is 0 Å². The van der Waals surface area contributed by atoms with Crippen molar-refractivity contribution in [1.82, 2.24) is 10.3 Å². The van der Waals surface area contributed by atoms with Crippen LogP contribution in [0.5, 0.6) is 0 Å². The van der Waals surface area contributed by atoms with E-state index in [1.807, 2.05) is 38.1 Å². The Morgan fingerprint density at radius 3 is 2.68 bits per heavy atom. The van der Waals surface area contributed by atoms with Crippen LogP contribution in [0.4, 0.5) is 0 Å². The third-order valence-electron chi connectivity index (χ3n) is 4.18. The maximum Gasteiger partial charge on any atom is 0.249 e. The number of aliphatic hydroxyl groups excluding tert-OH is 1. The molecule has 0 fully saturated rings. The lowest BCUT2D eigenvalue weighted by molar-refractivity contribution is -0.132. The number of H-pyrrole nitrogens is 1. The molecule has 4 N–H and O–H groups in total. The third kappa shape index (κ3) is 6.03. The topological polar surface area (TPSA) is 123 Å². The van der Waals surface area contributed by atoms with Gasteiger partial charge in [0.1, 0.15) is 6.10 Å². The Bertz CT molecular complexity index is 862. The maximum atomic E-state index is 12.5. The van der Waals surface area contributed by atoms with Crippen molar-refractivity contribution in [3.63, 3.8) is 0 Å². The first-order chi connectivity index (χ1) is 13.3. The summed E-state index contributed by atoms with van der Waals surface area (Å²) in [5.41, 5.74) is 1.72. The molecule has 150 valence electrons. The van der Waals surface area contributed by atoms with E-state index in [-0.39, 0.29) is 29.6 Å². The Morgan fingerprint density at radius 1 is 1.29 bits per heavy atom. The Labute approximate surface area is 167 Å². The zero-order valence-electron chi connectivity index (χ0n) is 15.9. The average Bonchev–Trinajstić information content (AvgIpc) is 3.06. The normalized spacial score (nSPS) is 13.3. The molecule has 28 heavy (non-hydrogen) atoms. The van der Waals surface area contributed by atoms with Gasteiger partial charge in [0.05, 0.1) is 12.3 Å². The van der Waals surface area contributed by atoms with Crippen LogP contribution in [-0.2, 0) is 20.8 Å². The van der Waals surface area contributed by atoms with Crippen LogP contribution in [0, 0.1) is 5.41 Å². The second-order valence-electron chi connectivity index (χ2n) is 6.78. The molecule has 2 aromatic rings. The van der Waals surface area contributed by atoms with Gasteiger partial charge in [0.2, 0.25) is 11.0 Å². The Balaban J connectivity index is 2.04. The number of aromatic nitrogens is 1. The van der Waals surface area contributed by atoms with Gasteiger partial charge >= 0.3 is 0 Å². The summed E-state index contributed by atoms with van der Waals surface area (Å²) in [4.78, 5) is 39.3. The highest BCUT2D eigenvalue weighted by atomic mass is 32.2. The molecule has 0 radical (unpaired) electrons. The molecule has 0 aliphatic rings. The SMILES string of the molecule is CC(C)SC(=O)[C@H](CCC(=O)C=N)NC(=O)[C@@H](O)Cc1c[nH]c2ccccc12. The number of hydrogen-bond acceptors (Lipinski definition) is 6. The number of thioether (sulfide) groups is 1. The van der Waals surface area contributed by atoms with E-state index < -0.39 is 23.8 Å². The summed E-state index contributed by atoms with van der Waals surface area (Å²) in [6, 6.07) is 6.69. The molecule has 1 amide bonds. The van der Waals surface area contributed by atoms with Crippen LogP contribution in [0.25, 0.3) is 10.9 Å². The highest BCUT2D eigenvalue weighted by Gasteiger charge is 2.26. The molecule has 1 aromatic carbocycles. The molecule has 0 saturated carbocycles. The minimum Gasteiger partial charge on any atom is -0.383 e. The summed E-state index contributed by atoms with van der Waals surface area (Å²) in [7, 11) is 0. The van der Waals surface area contributed by atoms with Gasteiger partial charge in [-0.15, -0.1) is 0 Å². The predicted molar refractivity (Wildman–Crippen MR) is 111 cm³/mol. The fraction of sp³-hybridized carbons (Fsp3) is 0.400. The molecule has 8 heteroatoms. The molecule has 0 spiro atoms. The number of aliphatic hydroxyl groups is 1.